The van der Waals surface area contributed by atoms with Crippen molar-refractivity contribution in [2.75, 3.05) is 62.8 Å². The van der Waals surface area contributed by atoms with Gasteiger partial charge in [0.05, 0.1) is 17.5 Å². The molecule has 0 aromatic heterocycles. The lowest BCUT2D eigenvalue weighted by Gasteiger charge is -2.34. The number of likely N-dealkylation sites (N-methyl/N-ethyl adjacent to an activating group) is 1. The molecular weight excluding hydrogens is 411 g/mol. The Balaban J connectivity index is 1.99. The van der Waals surface area contributed by atoms with Gasteiger partial charge in [0.2, 0.25) is 10.0 Å². The molecule has 1 aliphatic rings. The van der Waals surface area contributed by atoms with Crippen molar-refractivity contribution in [3.8, 4) is 0 Å². The van der Waals surface area contributed by atoms with Gasteiger partial charge in [0.15, 0.2) is 0 Å². The highest BCUT2D eigenvalue weighted by atomic mass is 32.2. The summed E-state index contributed by atoms with van der Waals surface area (Å²) in [6.07, 6.45) is -3.31. The number of amides is 2. The average Bonchev–Trinajstić information content (AvgIpc) is 2.60. The van der Waals surface area contributed by atoms with Crippen molar-refractivity contribution in [3.05, 3.63) is 23.8 Å². The van der Waals surface area contributed by atoms with Crippen LogP contribution >= 0.6 is 0 Å². The summed E-state index contributed by atoms with van der Waals surface area (Å²) < 4.78 is 64.7. The van der Waals surface area contributed by atoms with Crippen LogP contribution in [0.1, 0.15) is 12.0 Å². The molecule has 1 fully saturated rings. The summed E-state index contributed by atoms with van der Waals surface area (Å²) in [6.45, 7) is 3.00. The van der Waals surface area contributed by atoms with Gasteiger partial charge >= 0.3 is 12.2 Å². The van der Waals surface area contributed by atoms with E-state index in [0.29, 0.717) is 25.2 Å². The lowest BCUT2D eigenvalue weighted by molar-refractivity contribution is -0.136. The van der Waals surface area contributed by atoms with Gasteiger partial charge in [-0.3, -0.25) is 0 Å². The first-order chi connectivity index (χ1) is 13.5. The molecule has 1 aromatic carbocycles. The molecule has 29 heavy (non-hydrogen) atoms. The number of anilines is 2. The zero-order valence-electron chi connectivity index (χ0n) is 16.3. The number of hydrogen-bond donors (Lipinski definition) is 3. The van der Waals surface area contributed by atoms with Gasteiger partial charge in [-0.1, -0.05) is 0 Å². The molecular formula is C17H26F3N5O3S. The Morgan fingerprint density at radius 3 is 2.38 bits per heavy atom. The van der Waals surface area contributed by atoms with Crippen molar-refractivity contribution in [3.63, 3.8) is 0 Å². The highest BCUT2D eigenvalue weighted by molar-refractivity contribution is 7.88. The zero-order valence-corrected chi connectivity index (χ0v) is 17.2. The lowest BCUT2D eigenvalue weighted by Crippen LogP contribution is -2.44. The van der Waals surface area contributed by atoms with Crippen LogP contribution in [0.4, 0.5) is 29.3 Å². The van der Waals surface area contributed by atoms with Crippen LogP contribution in [0, 0.1) is 0 Å². The number of halogens is 3. The fraction of sp³-hybridized carbons (Fsp3) is 0.588. The van der Waals surface area contributed by atoms with Crippen molar-refractivity contribution in [1.29, 1.82) is 0 Å². The molecule has 12 heteroatoms. The lowest BCUT2D eigenvalue weighted by atomic mass is 10.1. The monoisotopic (exact) mass is 437 g/mol. The summed E-state index contributed by atoms with van der Waals surface area (Å²) in [5.74, 6) is 0. The Kier molecular flexibility index (Phi) is 7.72. The molecule has 1 heterocycles. The highest BCUT2D eigenvalue weighted by Gasteiger charge is 2.35. The van der Waals surface area contributed by atoms with Crippen molar-refractivity contribution in [1.82, 2.24) is 14.9 Å². The van der Waals surface area contributed by atoms with Crippen LogP contribution in [-0.2, 0) is 16.2 Å². The van der Waals surface area contributed by atoms with E-state index in [2.05, 4.69) is 20.3 Å². The normalized spacial score (nSPS) is 16.0. The summed E-state index contributed by atoms with van der Waals surface area (Å²) in [4.78, 5) is 15.9. The summed E-state index contributed by atoms with van der Waals surface area (Å²) in [6, 6.07) is 3.08. The standard InChI is InChI=1S/C17H26F3N5O3S/c1-24-8-10-25(11-9-24)13-4-5-15(14(12-13)17(18,19)20)23-16(26)21-6-3-7-22-29(2,27)28/h4-5,12,22H,3,6-11H2,1-2H3,(H2,21,23,26). The largest absolute Gasteiger partial charge is 0.418 e. The second-order valence-corrected chi connectivity index (χ2v) is 8.75. The van der Waals surface area contributed by atoms with Crippen molar-refractivity contribution >= 4 is 27.4 Å². The van der Waals surface area contributed by atoms with Gasteiger partial charge in [0.25, 0.3) is 0 Å². The van der Waals surface area contributed by atoms with Crippen molar-refractivity contribution in [2.45, 2.75) is 12.6 Å². The molecule has 2 amide bonds. The molecule has 1 aromatic rings. The third-order valence-electron chi connectivity index (χ3n) is 4.43. The Bertz CT molecular complexity index is 809. The third-order valence-corrected chi connectivity index (χ3v) is 5.16. The van der Waals surface area contributed by atoms with Gasteiger partial charge in [-0.05, 0) is 31.7 Å². The molecule has 0 bridgehead atoms. The molecule has 0 aliphatic carbocycles. The first kappa shape index (κ1) is 23.2. The van der Waals surface area contributed by atoms with E-state index >= 15 is 0 Å². The minimum atomic E-state index is -4.62. The highest BCUT2D eigenvalue weighted by Crippen LogP contribution is 2.37. The SMILES string of the molecule is CN1CCN(c2ccc(NC(=O)NCCCNS(C)(=O)=O)c(C(F)(F)F)c2)CC1. The van der Waals surface area contributed by atoms with Gasteiger partial charge in [-0.2, -0.15) is 13.2 Å². The van der Waals surface area contributed by atoms with Gasteiger partial charge in [-0.25, -0.2) is 17.9 Å². The number of nitrogens with one attached hydrogen (secondary N) is 3. The number of benzene rings is 1. The predicted octanol–water partition coefficient (Wildman–Crippen LogP) is 1.52. The molecule has 164 valence electrons. The van der Waals surface area contributed by atoms with E-state index in [1.54, 1.807) is 6.07 Å². The van der Waals surface area contributed by atoms with E-state index in [1.165, 1.54) is 6.07 Å². The summed E-state index contributed by atoms with van der Waals surface area (Å²) in [5, 5.41) is 4.64. The number of hydrogen-bond acceptors (Lipinski definition) is 5. The van der Waals surface area contributed by atoms with E-state index in [4.69, 9.17) is 0 Å². The van der Waals surface area contributed by atoms with E-state index in [1.807, 2.05) is 11.9 Å². The number of nitrogens with zero attached hydrogens (tertiary/aromatic N) is 2. The Hall–Kier alpha value is -2.05. The topological polar surface area (TPSA) is 93.8 Å². The predicted molar refractivity (Wildman–Crippen MR) is 106 cm³/mol. The maximum Gasteiger partial charge on any atom is 0.418 e. The Labute approximate surface area is 168 Å². The molecule has 2 rings (SSSR count). The first-order valence-electron chi connectivity index (χ1n) is 9.10. The van der Waals surface area contributed by atoms with Gasteiger partial charge < -0.3 is 20.4 Å². The minimum Gasteiger partial charge on any atom is -0.369 e. The summed E-state index contributed by atoms with van der Waals surface area (Å²) in [7, 11) is -1.36. The number of piperazine rings is 1. The third kappa shape index (κ3) is 7.71. The van der Waals surface area contributed by atoms with Crippen LogP contribution in [0.3, 0.4) is 0 Å². The number of rotatable bonds is 7. The molecule has 0 saturated carbocycles. The molecule has 0 spiro atoms. The van der Waals surface area contributed by atoms with E-state index in [0.717, 1.165) is 25.4 Å². The molecule has 3 N–H and O–H groups in total. The maximum absolute atomic E-state index is 13.5. The molecule has 0 unspecified atom stereocenters. The zero-order chi connectivity index (χ0) is 21.7. The van der Waals surface area contributed by atoms with E-state index < -0.39 is 27.8 Å². The van der Waals surface area contributed by atoms with Crippen molar-refractivity contribution in [2.24, 2.45) is 0 Å². The van der Waals surface area contributed by atoms with Crippen LogP contribution in [0.15, 0.2) is 18.2 Å². The van der Waals surface area contributed by atoms with Crippen LogP contribution in [-0.4, -0.2) is 71.9 Å². The Morgan fingerprint density at radius 1 is 1.14 bits per heavy atom. The second-order valence-electron chi connectivity index (χ2n) is 6.92. The smallest absolute Gasteiger partial charge is 0.369 e. The van der Waals surface area contributed by atoms with Crippen LogP contribution in [0.25, 0.3) is 0 Å². The molecule has 8 nitrogen and oxygen atoms in total. The summed E-state index contributed by atoms with van der Waals surface area (Å²) >= 11 is 0. The van der Waals surface area contributed by atoms with E-state index in [-0.39, 0.29) is 18.8 Å². The van der Waals surface area contributed by atoms with Crippen molar-refractivity contribution < 1.29 is 26.4 Å². The molecule has 1 aliphatic heterocycles. The van der Waals surface area contributed by atoms with Crippen LogP contribution in [0.5, 0.6) is 0 Å². The van der Waals surface area contributed by atoms with E-state index in [9.17, 15) is 26.4 Å². The number of sulfonamides is 1. The molecule has 0 atom stereocenters. The second kappa shape index (κ2) is 9.63. The Morgan fingerprint density at radius 2 is 1.79 bits per heavy atom. The number of carbonyl (C=O) groups excluding carboxylic acids is 1. The van der Waals surface area contributed by atoms with Gasteiger partial charge in [-0.15, -0.1) is 0 Å². The first-order valence-corrected chi connectivity index (χ1v) is 11.0. The number of alkyl halides is 3. The number of carbonyl (C=O) groups is 1. The number of urea groups is 1. The molecule has 1 saturated heterocycles. The summed E-state index contributed by atoms with van der Waals surface area (Å²) in [5.41, 5.74) is -0.784. The quantitative estimate of drug-likeness (QED) is 0.563. The van der Waals surface area contributed by atoms with Crippen LogP contribution < -0.4 is 20.3 Å². The van der Waals surface area contributed by atoms with Crippen LogP contribution in [0.2, 0.25) is 0 Å². The fourth-order valence-electron chi connectivity index (χ4n) is 2.85. The maximum atomic E-state index is 13.5. The average molecular weight is 437 g/mol. The van der Waals surface area contributed by atoms with Gasteiger partial charge in [0.1, 0.15) is 0 Å². The molecule has 0 radical (unpaired) electrons. The minimum absolute atomic E-state index is 0.106. The fourth-order valence-corrected chi connectivity index (χ4v) is 3.37. The van der Waals surface area contributed by atoms with Gasteiger partial charge in [0, 0.05) is 45.0 Å².